The van der Waals surface area contributed by atoms with Gasteiger partial charge in [0, 0.05) is 10.0 Å². The topological polar surface area (TPSA) is 59.4 Å². The van der Waals surface area contributed by atoms with Crippen LogP contribution >= 0.6 is 15.9 Å². The molecule has 1 aromatic heterocycles. The molecule has 1 heterocycles. The highest BCUT2D eigenvalue weighted by atomic mass is 79.9. The molecule has 2 aromatic carbocycles. The van der Waals surface area contributed by atoms with Gasteiger partial charge in [0.1, 0.15) is 18.1 Å². The molecule has 29 heavy (non-hydrogen) atoms. The number of carboxylic acids is 1. The van der Waals surface area contributed by atoms with Crippen LogP contribution in [-0.4, -0.2) is 16.1 Å². The van der Waals surface area contributed by atoms with Gasteiger partial charge in [-0.25, -0.2) is 9.78 Å². The number of allylic oxidation sites excluding steroid dienone is 2. The third-order valence-corrected chi connectivity index (χ3v) is 5.80. The van der Waals surface area contributed by atoms with E-state index >= 15 is 0 Å². The van der Waals surface area contributed by atoms with Crippen molar-refractivity contribution in [2.45, 2.75) is 25.9 Å². The summed E-state index contributed by atoms with van der Waals surface area (Å²) in [4.78, 5) is 15.6. The minimum absolute atomic E-state index is 0.0757. The van der Waals surface area contributed by atoms with Crippen LogP contribution in [-0.2, 0) is 6.61 Å². The van der Waals surface area contributed by atoms with E-state index in [-0.39, 0.29) is 5.69 Å². The molecular weight excluding hydrogens is 430 g/mol. The van der Waals surface area contributed by atoms with Crippen molar-refractivity contribution in [1.82, 2.24) is 4.98 Å². The van der Waals surface area contributed by atoms with Gasteiger partial charge in [-0.3, -0.25) is 0 Å². The fourth-order valence-corrected chi connectivity index (χ4v) is 4.02. The molecule has 1 aliphatic rings. The monoisotopic (exact) mass is 449 g/mol. The molecule has 0 aliphatic heterocycles. The van der Waals surface area contributed by atoms with E-state index in [9.17, 15) is 9.90 Å². The first-order valence-electron chi connectivity index (χ1n) is 9.51. The Balaban J connectivity index is 1.61. The molecule has 1 N–H and O–H groups in total. The first-order valence-corrected chi connectivity index (χ1v) is 10.3. The largest absolute Gasteiger partial charge is 0.489 e. The molecule has 0 radical (unpaired) electrons. The molecule has 0 spiro atoms. The molecule has 4 nitrogen and oxygen atoms in total. The van der Waals surface area contributed by atoms with Crippen molar-refractivity contribution < 1.29 is 14.6 Å². The van der Waals surface area contributed by atoms with Gasteiger partial charge in [0.05, 0.1) is 5.69 Å². The normalized spacial score (nSPS) is 13.6. The molecule has 3 aromatic rings. The molecule has 4 rings (SSSR count). The van der Waals surface area contributed by atoms with E-state index in [0.717, 1.165) is 51.9 Å². The quantitative estimate of drug-likeness (QED) is 0.485. The first-order chi connectivity index (χ1) is 14.1. The van der Waals surface area contributed by atoms with Gasteiger partial charge in [0.25, 0.3) is 0 Å². The number of aromatic nitrogens is 1. The number of nitrogens with zero attached hydrogens (tertiary/aromatic N) is 1. The van der Waals surface area contributed by atoms with Crippen molar-refractivity contribution >= 4 is 33.0 Å². The summed E-state index contributed by atoms with van der Waals surface area (Å²) in [5.74, 6) is -0.196. The molecule has 0 amide bonds. The van der Waals surface area contributed by atoms with Crippen molar-refractivity contribution in [3.63, 3.8) is 0 Å². The summed E-state index contributed by atoms with van der Waals surface area (Å²) < 4.78 is 7.05. The Morgan fingerprint density at radius 2 is 1.79 bits per heavy atom. The fourth-order valence-electron chi connectivity index (χ4n) is 3.62. The van der Waals surface area contributed by atoms with Gasteiger partial charge in [0.15, 0.2) is 0 Å². The second kappa shape index (κ2) is 8.62. The zero-order valence-corrected chi connectivity index (χ0v) is 17.4. The van der Waals surface area contributed by atoms with E-state index in [4.69, 9.17) is 4.74 Å². The summed E-state index contributed by atoms with van der Waals surface area (Å²) in [6, 6.07) is 21.3. The molecule has 1 aliphatic carbocycles. The van der Waals surface area contributed by atoms with Crippen LogP contribution in [0.1, 0.15) is 46.6 Å². The molecule has 0 bridgehead atoms. The van der Waals surface area contributed by atoms with Gasteiger partial charge in [-0.2, -0.15) is 0 Å². The average molecular weight is 450 g/mol. The Bertz CT molecular complexity index is 1090. The summed E-state index contributed by atoms with van der Waals surface area (Å²) in [5, 5.41) is 9.25. The van der Waals surface area contributed by atoms with Crippen LogP contribution in [0.4, 0.5) is 0 Å². The van der Waals surface area contributed by atoms with E-state index in [1.54, 1.807) is 6.07 Å². The van der Waals surface area contributed by atoms with Crippen LogP contribution in [0.2, 0.25) is 0 Å². The maximum absolute atomic E-state index is 11.3. The Morgan fingerprint density at radius 1 is 1.00 bits per heavy atom. The maximum atomic E-state index is 11.3. The van der Waals surface area contributed by atoms with Crippen molar-refractivity contribution in [2.24, 2.45) is 0 Å². The second-order valence-corrected chi connectivity index (χ2v) is 7.79. The van der Waals surface area contributed by atoms with E-state index in [2.05, 4.69) is 33.0 Å². The summed E-state index contributed by atoms with van der Waals surface area (Å²) in [5.41, 5.74) is 5.35. The van der Waals surface area contributed by atoms with E-state index in [1.165, 1.54) is 11.6 Å². The fraction of sp³-hybridized carbons (Fsp3) is 0.167. The predicted molar refractivity (Wildman–Crippen MR) is 117 cm³/mol. The van der Waals surface area contributed by atoms with Gasteiger partial charge in [-0.15, -0.1) is 0 Å². The highest BCUT2D eigenvalue weighted by Gasteiger charge is 2.20. The molecule has 0 unspecified atom stereocenters. The number of rotatable bonds is 6. The third-order valence-electron chi connectivity index (χ3n) is 5.03. The number of halogens is 1. The van der Waals surface area contributed by atoms with Crippen molar-refractivity contribution in [3.8, 4) is 5.75 Å². The number of hydrogen-bond donors (Lipinski definition) is 1. The van der Waals surface area contributed by atoms with Crippen LogP contribution in [0.25, 0.3) is 11.1 Å². The number of pyridine rings is 1. The SMILES string of the molecule is O=C(O)c1cccc(C2=C(c3cccc(OCc4ccccc4Br)c3)CCC2)n1. The predicted octanol–water partition coefficient (Wildman–Crippen LogP) is 6.22. The van der Waals surface area contributed by atoms with Crippen LogP contribution < -0.4 is 4.74 Å². The number of aromatic carboxylic acids is 1. The van der Waals surface area contributed by atoms with E-state index in [1.807, 2.05) is 42.5 Å². The Morgan fingerprint density at radius 3 is 2.62 bits per heavy atom. The van der Waals surface area contributed by atoms with Crippen LogP contribution in [0.5, 0.6) is 5.75 Å². The Kier molecular flexibility index (Phi) is 5.76. The van der Waals surface area contributed by atoms with E-state index in [0.29, 0.717) is 6.61 Å². The maximum Gasteiger partial charge on any atom is 0.354 e. The molecule has 0 saturated carbocycles. The first kappa shape index (κ1) is 19.4. The summed E-state index contributed by atoms with van der Waals surface area (Å²) in [6.45, 7) is 0.485. The summed E-state index contributed by atoms with van der Waals surface area (Å²) in [6.07, 6.45) is 2.88. The number of ether oxygens (including phenoxy) is 1. The standard InChI is InChI=1S/C24H20BrNO3/c25-21-11-2-1-6-17(21)15-29-18-8-3-7-16(14-18)19-9-4-10-20(19)22-12-5-13-23(26-22)24(27)28/h1-3,5-8,11-14H,4,9-10,15H2,(H,27,28). The lowest BCUT2D eigenvalue weighted by Gasteiger charge is -2.12. The van der Waals surface area contributed by atoms with E-state index < -0.39 is 5.97 Å². The average Bonchev–Trinajstić information content (AvgIpc) is 3.23. The van der Waals surface area contributed by atoms with Gasteiger partial charge in [0.2, 0.25) is 0 Å². The van der Waals surface area contributed by atoms with Gasteiger partial charge in [-0.1, -0.05) is 52.3 Å². The van der Waals surface area contributed by atoms with Crippen molar-refractivity contribution in [3.05, 3.63) is 93.7 Å². The summed E-state index contributed by atoms with van der Waals surface area (Å²) in [7, 11) is 0. The highest BCUT2D eigenvalue weighted by Crippen LogP contribution is 2.40. The van der Waals surface area contributed by atoms with Gasteiger partial charge in [-0.05, 0) is 66.3 Å². The van der Waals surface area contributed by atoms with Crippen molar-refractivity contribution in [1.29, 1.82) is 0 Å². The van der Waals surface area contributed by atoms with Crippen LogP contribution in [0.3, 0.4) is 0 Å². The Labute approximate surface area is 178 Å². The zero-order chi connectivity index (χ0) is 20.2. The van der Waals surface area contributed by atoms with Crippen LogP contribution in [0.15, 0.2) is 71.2 Å². The molecule has 0 atom stereocenters. The molecule has 0 fully saturated rings. The lowest BCUT2D eigenvalue weighted by atomic mass is 9.99. The van der Waals surface area contributed by atoms with Crippen LogP contribution in [0, 0.1) is 0 Å². The lowest BCUT2D eigenvalue weighted by Crippen LogP contribution is -2.02. The third kappa shape index (κ3) is 4.40. The number of carbonyl (C=O) groups is 1. The molecular formula is C24H20BrNO3. The summed E-state index contributed by atoms with van der Waals surface area (Å²) >= 11 is 3.55. The molecule has 146 valence electrons. The zero-order valence-electron chi connectivity index (χ0n) is 15.8. The number of carboxylic acid groups (broad SMARTS) is 1. The lowest BCUT2D eigenvalue weighted by molar-refractivity contribution is 0.0690. The highest BCUT2D eigenvalue weighted by molar-refractivity contribution is 9.10. The number of hydrogen-bond acceptors (Lipinski definition) is 3. The van der Waals surface area contributed by atoms with Gasteiger partial charge >= 0.3 is 5.97 Å². The minimum Gasteiger partial charge on any atom is -0.489 e. The second-order valence-electron chi connectivity index (χ2n) is 6.93. The van der Waals surface area contributed by atoms with Crippen molar-refractivity contribution in [2.75, 3.05) is 0 Å². The Hall–Kier alpha value is -2.92. The molecule has 5 heteroatoms. The number of benzene rings is 2. The smallest absolute Gasteiger partial charge is 0.354 e. The molecule has 0 saturated heterocycles. The minimum atomic E-state index is -1.01. The van der Waals surface area contributed by atoms with Gasteiger partial charge < -0.3 is 9.84 Å².